The average Bonchev–Trinajstić information content (AvgIpc) is 3.15. The fourth-order valence-corrected chi connectivity index (χ4v) is 5.62. The van der Waals surface area contributed by atoms with Crippen molar-refractivity contribution in [2.24, 2.45) is 7.05 Å². The summed E-state index contributed by atoms with van der Waals surface area (Å²) < 4.78 is 25.8. The minimum absolute atomic E-state index is 0.0944. The Bertz CT molecular complexity index is 592. The highest BCUT2D eigenvalue weighted by Gasteiger charge is 2.41. The van der Waals surface area contributed by atoms with E-state index < -0.39 is 9.84 Å². The van der Waals surface area contributed by atoms with Gasteiger partial charge in [-0.25, -0.2) is 8.42 Å². The molecule has 2 saturated heterocycles. The maximum absolute atomic E-state index is 12.0. The van der Waals surface area contributed by atoms with Crippen molar-refractivity contribution in [2.75, 3.05) is 31.1 Å². The minimum Gasteiger partial charge on any atom is -0.311 e. The first-order chi connectivity index (χ1) is 10.5. The first-order valence-corrected chi connectivity index (χ1v) is 10.0. The fourth-order valence-electron chi connectivity index (χ4n) is 3.64. The van der Waals surface area contributed by atoms with E-state index in [2.05, 4.69) is 15.3 Å². The molecule has 0 aliphatic carbocycles. The van der Waals surface area contributed by atoms with Gasteiger partial charge in [-0.3, -0.25) is 9.58 Å². The zero-order valence-electron chi connectivity index (χ0n) is 13.2. The summed E-state index contributed by atoms with van der Waals surface area (Å²) in [4.78, 5) is 2.36. The fraction of sp³-hybridized carbons (Fsp3) is 0.800. The standard InChI is InChI=1S/C15H26N4O2S/c1-18-10-13(9-17-18)5-4-6-16-14-11-22(20,21)12-15(14)19-7-2-3-8-19/h9-10,14-16H,2-8,11-12H2,1H3/t14-,15+/m1/s1. The molecule has 0 bridgehead atoms. The summed E-state index contributed by atoms with van der Waals surface area (Å²) >= 11 is 0. The van der Waals surface area contributed by atoms with Gasteiger partial charge in [0.15, 0.2) is 9.84 Å². The van der Waals surface area contributed by atoms with Crippen LogP contribution in [0.15, 0.2) is 12.4 Å². The Labute approximate surface area is 132 Å². The molecule has 22 heavy (non-hydrogen) atoms. The molecule has 3 rings (SSSR count). The molecule has 0 saturated carbocycles. The van der Waals surface area contributed by atoms with Crippen molar-refractivity contribution in [1.82, 2.24) is 20.0 Å². The van der Waals surface area contributed by atoms with Gasteiger partial charge in [-0.2, -0.15) is 5.10 Å². The number of rotatable bonds is 6. The summed E-state index contributed by atoms with van der Waals surface area (Å²) in [6.45, 7) is 2.96. The molecule has 2 fully saturated rings. The molecule has 0 unspecified atom stereocenters. The Morgan fingerprint density at radius 2 is 2.09 bits per heavy atom. The number of aromatic nitrogens is 2. The Morgan fingerprint density at radius 3 is 2.77 bits per heavy atom. The molecule has 2 atom stereocenters. The van der Waals surface area contributed by atoms with Crippen molar-refractivity contribution < 1.29 is 8.42 Å². The first-order valence-electron chi connectivity index (χ1n) is 8.19. The van der Waals surface area contributed by atoms with Crippen LogP contribution in [0, 0.1) is 0 Å². The number of sulfone groups is 1. The minimum atomic E-state index is -2.89. The molecule has 0 aromatic carbocycles. The van der Waals surface area contributed by atoms with Gasteiger partial charge in [0.2, 0.25) is 0 Å². The second-order valence-corrected chi connectivity index (χ2v) is 8.73. The summed E-state index contributed by atoms with van der Waals surface area (Å²) in [5.74, 6) is 0.619. The van der Waals surface area contributed by atoms with E-state index >= 15 is 0 Å². The van der Waals surface area contributed by atoms with Crippen LogP contribution in [-0.4, -0.2) is 66.3 Å². The lowest BCUT2D eigenvalue weighted by Crippen LogP contribution is -2.48. The number of aryl methyl sites for hydroxylation is 2. The number of nitrogens with zero attached hydrogens (tertiary/aromatic N) is 3. The third-order valence-corrected chi connectivity index (χ3v) is 6.46. The number of hydrogen-bond acceptors (Lipinski definition) is 5. The molecule has 1 N–H and O–H groups in total. The summed E-state index contributed by atoms with van der Waals surface area (Å²) in [5, 5.41) is 7.66. The predicted molar refractivity (Wildman–Crippen MR) is 86.6 cm³/mol. The maximum Gasteiger partial charge on any atom is 0.153 e. The SMILES string of the molecule is Cn1cc(CCCN[C@@H]2CS(=O)(=O)C[C@@H]2N2CCCC2)cn1. The van der Waals surface area contributed by atoms with Crippen molar-refractivity contribution in [3.8, 4) is 0 Å². The van der Waals surface area contributed by atoms with E-state index in [0.29, 0.717) is 11.5 Å². The van der Waals surface area contributed by atoms with Gasteiger partial charge in [-0.05, 0) is 50.9 Å². The highest BCUT2D eigenvalue weighted by molar-refractivity contribution is 7.91. The van der Waals surface area contributed by atoms with Crippen LogP contribution in [0.1, 0.15) is 24.8 Å². The number of nitrogens with one attached hydrogen (secondary N) is 1. The van der Waals surface area contributed by atoms with Crippen LogP contribution in [0.3, 0.4) is 0 Å². The van der Waals surface area contributed by atoms with Crippen molar-refractivity contribution in [1.29, 1.82) is 0 Å². The van der Waals surface area contributed by atoms with Gasteiger partial charge < -0.3 is 5.32 Å². The van der Waals surface area contributed by atoms with Crippen molar-refractivity contribution in [2.45, 2.75) is 37.8 Å². The topological polar surface area (TPSA) is 67.2 Å². The van der Waals surface area contributed by atoms with E-state index in [9.17, 15) is 8.42 Å². The normalized spacial score (nSPS) is 28.4. The van der Waals surface area contributed by atoms with Gasteiger partial charge in [0.25, 0.3) is 0 Å². The quantitative estimate of drug-likeness (QED) is 0.757. The van der Waals surface area contributed by atoms with E-state index in [1.807, 2.05) is 24.1 Å². The molecular formula is C15H26N4O2S. The van der Waals surface area contributed by atoms with Gasteiger partial charge in [-0.15, -0.1) is 0 Å². The molecule has 1 aromatic rings. The number of hydrogen-bond donors (Lipinski definition) is 1. The van der Waals surface area contributed by atoms with Gasteiger partial charge in [0, 0.05) is 25.3 Å². The van der Waals surface area contributed by atoms with Gasteiger partial charge in [0.05, 0.1) is 17.7 Å². The van der Waals surface area contributed by atoms with Gasteiger partial charge >= 0.3 is 0 Å². The molecule has 3 heterocycles. The highest BCUT2D eigenvalue weighted by atomic mass is 32.2. The van der Waals surface area contributed by atoms with E-state index in [0.717, 1.165) is 32.5 Å². The van der Waals surface area contributed by atoms with E-state index in [4.69, 9.17) is 0 Å². The second-order valence-electron chi connectivity index (χ2n) is 6.57. The van der Waals surface area contributed by atoms with Gasteiger partial charge in [0.1, 0.15) is 0 Å². The largest absolute Gasteiger partial charge is 0.311 e. The Kier molecular flexibility index (Phi) is 4.84. The highest BCUT2D eigenvalue weighted by Crippen LogP contribution is 2.22. The third kappa shape index (κ3) is 3.88. The van der Waals surface area contributed by atoms with Crippen molar-refractivity contribution >= 4 is 9.84 Å². The lowest BCUT2D eigenvalue weighted by molar-refractivity contribution is 0.226. The zero-order chi connectivity index (χ0) is 15.6. The summed E-state index contributed by atoms with van der Waals surface area (Å²) in [6, 6.07) is 0.267. The Morgan fingerprint density at radius 1 is 1.32 bits per heavy atom. The van der Waals surface area contributed by atoms with Crippen LogP contribution >= 0.6 is 0 Å². The molecule has 2 aliphatic heterocycles. The summed E-state index contributed by atoms with van der Waals surface area (Å²) in [7, 11) is -0.963. The van der Waals surface area contributed by atoms with E-state index in [1.165, 1.54) is 18.4 Å². The molecule has 124 valence electrons. The molecule has 1 aromatic heterocycles. The third-order valence-electron chi connectivity index (χ3n) is 4.74. The van der Waals surface area contributed by atoms with Crippen LogP contribution in [0.5, 0.6) is 0 Å². The maximum atomic E-state index is 12.0. The molecular weight excluding hydrogens is 300 g/mol. The van der Waals surface area contributed by atoms with Crippen LogP contribution in [-0.2, 0) is 23.3 Å². The van der Waals surface area contributed by atoms with E-state index in [1.54, 1.807) is 0 Å². The number of likely N-dealkylation sites (tertiary alicyclic amines) is 1. The Balaban J connectivity index is 1.49. The molecule has 0 amide bonds. The molecule has 2 aliphatic rings. The van der Waals surface area contributed by atoms with Crippen LogP contribution in [0.4, 0.5) is 0 Å². The van der Waals surface area contributed by atoms with Crippen LogP contribution < -0.4 is 5.32 Å². The predicted octanol–water partition coefficient (Wildman–Crippen LogP) is 0.204. The second kappa shape index (κ2) is 6.68. The molecule has 7 heteroatoms. The van der Waals surface area contributed by atoms with Crippen molar-refractivity contribution in [3.05, 3.63) is 18.0 Å². The lowest BCUT2D eigenvalue weighted by Gasteiger charge is -2.28. The molecule has 0 spiro atoms. The first kappa shape index (κ1) is 16.0. The zero-order valence-corrected chi connectivity index (χ0v) is 14.1. The molecule has 6 nitrogen and oxygen atoms in total. The van der Waals surface area contributed by atoms with E-state index in [-0.39, 0.29) is 12.1 Å². The Hall–Kier alpha value is -0.920. The monoisotopic (exact) mass is 326 g/mol. The van der Waals surface area contributed by atoms with Gasteiger partial charge in [-0.1, -0.05) is 0 Å². The molecule has 0 radical (unpaired) electrons. The summed E-state index contributed by atoms with van der Waals surface area (Å²) in [5.41, 5.74) is 1.24. The van der Waals surface area contributed by atoms with Crippen molar-refractivity contribution in [3.63, 3.8) is 0 Å². The van der Waals surface area contributed by atoms with Crippen LogP contribution in [0.25, 0.3) is 0 Å². The smallest absolute Gasteiger partial charge is 0.153 e. The van der Waals surface area contributed by atoms with Crippen LogP contribution in [0.2, 0.25) is 0 Å². The summed E-state index contributed by atoms with van der Waals surface area (Å²) in [6.07, 6.45) is 8.32. The lowest BCUT2D eigenvalue weighted by atomic mass is 10.1. The average molecular weight is 326 g/mol.